The number of ketones is 1. The van der Waals surface area contributed by atoms with Crippen molar-refractivity contribution in [2.75, 3.05) is 4.90 Å². The summed E-state index contributed by atoms with van der Waals surface area (Å²) in [5, 5.41) is 10.8. The molecule has 1 heterocycles. The van der Waals surface area contributed by atoms with Crippen molar-refractivity contribution in [3.8, 4) is 0 Å². The van der Waals surface area contributed by atoms with Gasteiger partial charge in [0.15, 0.2) is 11.5 Å². The summed E-state index contributed by atoms with van der Waals surface area (Å²) in [5.41, 5.74) is -2.75. The Morgan fingerprint density at radius 3 is 1.82 bits per heavy atom. The normalized spacial score (nSPS) is 16.4. The van der Waals surface area contributed by atoms with Crippen molar-refractivity contribution in [3.63, 3.8) is 0 Å². The Labute approximate surface area is 220 Å². The monoisotopic (exact) mass is 547 g/mol. The van der Waals surface area contributed by atoms with Crippen molar-refractivity contribution < 1.29 is 41.0 Å². The quantitative estimate of drug-likeness (QED) is 0.261. The number of aryl methyl sites for hydroxylation is 1. The average molecular weight is 547 g/mol. The number of aliphatic hydroxyl groups excluding tert-OH is 1. The molecule has 0 saturated carbocycles. The maximum Gasteiger partial charge on any atom is 0.416 e. The van der Waals surface area contributed by atoms with E-state index in [2.05, 4.69) is 0 Å². The number of hydrogen-bond donors (Lipinski definition) is 1. The molecule has 1 aliphatic heterocycles. The second-order valence-electron chi connectivity index (χ2n) is 9.62. The molecule has 3 aromatic rings. The van der Waals surface area contributed by atoms with Crippen LogP contribution in [0.25, 0.3) is 0 Å². The van der Waals surface area contributed by atoms with E-state index in [-0.39, 0.29) is 23.2 Å². The maximum absolute atomic E-state index is 13.7. The van der Waals surface area contributed by atoms with E-state index in [9.17, 15) is 41.0 Å². The Hall–Kier alpha value is -4.08. The van der Waals surface area contributed by atoms with Gasteiger partial charge in [-0.3, -0.25) is 14.5 Å². The van der Waals surface area contributed by atoms with Crippen molar-refractivity contribution in [2.24, 2.45) is 0 Å². The lowest BCUT2D eigenvalue weighted by atomic mass is 9.90. The summed E-state index contributed by atoms with van der Waals surface area (Å²) in [6.45, 7) is 5.56. The summed E-state index contributed by atoms with van der Waals surface area (Å²) in [6.07, 6.45) is -10.3. The van der Waals surface area contributed by atoms with Crippen LogP contribution in [-0.2, 0) is 17.1 Å². The first kappa shape index (κ1) is 27.9. The van der Waals surface area contributed by atoms with Crippen molar-refractivity contribution in [2.45, 2.75) is 45.1 Å². The standard InChI is InChI=1S/C29H23F6NO3/c1-15(2)17-8-10-22(11-9-17)36-24(19-12-20(28(30,31)32)14-21(13-19)29(33,34)35)23(26(38)27(36)39)25(37)18-6-4-16(3)5-7-18/h4-15,24,38H,1-3H3. The van der Waals surface area contributed by atoms with E-state index in [1.807, 2.05) is 13.8 Å². The molecule has 0 radical (unpaired) electrons. The van der Waals surface area contributed by atoms with Crippen LogP contribution in [-0.4, -0.2) is 16.8 Å². The van der Waals surface area contributed by atoms with E-state index in [1.54, 1.807) is 31.2 Å². The summed E-state index contributed by atoms with van der Waals surface area (Å²) >= 11 is 0. The molecule has 4 nitrogen and oxygen atoms in total. The molecule has 1 atom stereocenters. The van der Waals surface area contributed by atoms with Gasteiger partial charge in [-0.1, -0.05) is 55.8 Å². The number of nitrogens with zero attached hydrogens (tertiary/aromatic N) is 1. The van der Waals surface area contributed by atoms with E-state index in [1.165, 1.54) is 24.3 Å². The van der Waals surface area contributed by atoms with Gasteiger partial charge in [0.1, 0.15) is 0 Å². The first-order valence-corrected chi connectivity index (χ1v) is 11.9. The largest absolute Gasteiger partial charge is 0.503 e. The third kappa shape index (κ3) is 5.41. The van der Waals surface area contributed by atoms with Crippen molar-refractivity contribution in [1.82, 2.24) is 0 Å². The Morgan fingerprint density at radius 1 is 0.846 bits per heavy atom. The van der Waals surface area contributed by atoms with E-state index < -0.39 is 58.1 Å². The number of amides is 1. The second-order valence-corrected chi connectivity index (χ2v) is 9.62. The van der Waals surface area contributed by atoms with Gasteiger partial charge >= 0.3 is 12.4 Å². The van der Waals surface area contributed by atoms with Gasteiger partial charge in [-0.05, 0) is 54.3 Å². The van der Waals surface area contributed by atoms with E-state index in [0.717, 1.165) is 16.0 Å². The molecule has 0 saturated heterocycles. The molecule has 39 heavy (non-hydrogen) atoms. The summed E-state index contributed by atoms with van der Waals surface area (Å²) in [6, 6.07) is 11.3. The Kier molecular flexibility index (Phi) is 7.10. The van der Waals surface area contributed by atoms with Crippen molar-refractivity contribution >= 4 is 17.4 Å². The zero-order valence-corrected chi connectivity index (χ0v) is 21.0. The molecule has 0 bridgehead atoms. The van der Waals surface area contributed by atoms with Crippen LogP contribution < -0.4 is 4.90 Å². The number of alkyl halides is 6. The fourth-order valence-electron chi connectivity index (χ4n) is 4.44. The smallest absolute Gasteiger partial charge is 0.416 e. The highest BCUT2D eigenvalue weighted by Crippen LogP contribution is 2.45. The Morgan fingerprint density at radius 2 is 1.36 bits per heavy atom. The average Bonchev–Trinajstić information content (AvgIpc) is 3.13. The van der Waals surface area contributed by atoms with Crippen LogP contribution >= 0.6 is 0 Å². The van der Waals surface area contributed by atoms with Crippen LogP contribution in [0, 0.1) is 6.92 Å². The number of hydrogen-bond acceptors (Lipinski definition) is 3. The first-order valence-electron chi connectivity index (χ1n) is 11.9. The van der Waals surface area contributed by atoms with Crippen molar-refractivity contribution in [1.29, 1.82) is 0 Å². The molecule has 0 fully saturated rings. The third-order valence-electron chi connectivity index (χ3n) is 6.53. The lowest BCUT2D eigenvalue weighted by molar-refractivity contribution is -0.143. The van der Waals surface area contributed by atoms with Gasteiger partial charge in [0, 0.05) is 11.3 Å². The van der Waals surface area contributed by atoms with E-state index in [4.69, 9.17) is 0 Å². The highest BCUT2D eigenvalue weighted by molar-refractivity contribution is 6.20. The third-order valence-corrected chi connectivity index (χ3v) is 6.53. The first-order chi connectivity index (χ1) is 18.1. The van der Waals surface area contributed by atoms with E-state index >= 15 is 0 Å². The molecule has 1 N–H and O–H groups in total. The number of rotatable bonds is 5. The summed E-state index contributed by atoms with van der Waals surface area (Å²) < 4.78 is 82.2. The van der Waals surface area contributed by atoms with Gasteiger partial charge in [0.25, 0.3) is 5.91 Å². The van der Waals surface area contributed by atoms with Crippen LogP contribution in [0.2, 0.25) is 0 Å². The van der Waals surface area contributed by atoms with Gasteiger partial charge in [0.2, 0.25) is 0 Å². The number of halogens is 6. The zero-order chi connectivity index (χ0) is 28.9. The molecule has 10 heteroatoms. The number of benzene rings is 3. The number of carbonyl (C=O) groups excluding carboxylic acids is 2. The van der Waals surface area contributed by atoms with Gasteiger partial charge in [-0.2, -0.15) is 26.3 Å². The topological polar surface area (TPSA) is 57.6 Å². The summed E-state index contributed by atoms with van der Waals surface area (Å²) in [7, 11) is 0. The van der Waals surface area contributed by atoms with Crippen LogP contribution in [0.1, 0.15) is 64.0 Å². The molecule has 0 aromatic heterocycles. The Balaban J connectivity index is 1.98. The molecular weight excluding hydrogens is 524 g/mol. The lowest BCUT2D eigenvalue weighted by Crippen LogP contribution is -2.31. The molecule has 204 valence electrons. The van der Waals surface area contributed by atoms with E-state index in [0.29, 0.717) is 12.1 Å². The van der Waals surface area contributed by atoms with Crippen molar-refractivity contribution in [3.05, 3.63) is 111 Å². The highest BCUT2D eigenvalue weighted by Gasteiger charge is 2.46. The fourth-order valence-corrected chi connectivity index (χ4v) is 4.44. The van der Waals surface area contributed by atoms with Crippen LogP contribution in [0.15, 0.2) is 78.1 Å². The number of anilines is 1. The maximum atomic E-state index is 13.7. The minimum Gasteiger partial charge on any atom is -0.503 e. The highest BCUT2D eigenvalue weighted by atomic mass is 19.4. The second kappa shape index (κ2) is 9.91. The van der Waals surface area contributed by atoms with Gasteiger partial charge in [-0.15, -0.1) is 0 Å². The van der Waals surface area contributed by atoms with Gasteiger partial charge in [-0.25, -0.2) is 0 Å². The minimum atomic E-state index is -5.16. The SMILES string of the molecule is Cc1ccc(C(=O)C2=C(O)C(=O)N(c3ccc(C(C)C)cc3)C2c2cc(C(F)(F)F)cc(C(F)(F)F)c2)cc1. The summed E-state index contributed by atoms with van der Waals surface area (Å²) in [4.78, 5) is 27.7. The Bertz CT molecular complexity index is 1420. The van der Waals surface area contributed by atoms with Crippen LogP contribution in [0.5, 0.6) is 0 Å². The molecular formula is C29H23F6NO3. The minimum absolute atomic E-state index is 0.0000217. The zero-order valence-electron chi connectivity index (χ0n) is 21.0. The number of aliphatic hydroxyl groups is 1. The number of Topliss-reactive ketones (excluding diaryl/α,β-unsaturated/α-hetero) is 1. The molecule has 4 rings (SSSR count). The predicted molar refractivity (Wildman–Crippen MR) is 132 cm³/mol. The summed E-state index contributed by atoms with van der Waals surface area (Å²) in [5.74, 6) is -2.99. The molecule has 3 aromatic carbocycles. The number of carbonyl (C=O) groups is 2. The fraction of sp³-hybridized carbons (Fsp3) is 0.241. The van der Waals surface area contributed by atoms with Gasteiger partial charge in [0.05, 0.1) is 22.7 Å². The molecule has 0 aliphatic carbocycles. The lowest BCUT2D eigenvalue weighted by Gasteiger charge is -2.28. The van der Waals surface area contributed by atoms with Crippen LogP contribution in [0.4, 0.5) is 32.0 Å². The molecule has 1 amide bonds. The molecule has 0 spiro atoms. The van der Waals surface area contributed by atoms with Gasteiger partial charge < -0.3 is 5.11 Å². The van der Waals surface area contributed by atoms with Crippen LogP contribution in [0.3, 0.4) is 0 Å². The molecule has 1 aliphatic rings. The molecule has 1 unspecified atom stereocenters. The predicted octanol–water partition coefficient (Wildman–Crippen LogP) is 7.94.